The largest absolute Gasteiger partial charge is 0.456 e. The molecule has 0 bridgehead atoms. The van der Waals surface area contributed by atoms with Gasteiger partial charge in [-0.3, -0.25) is 0 Å². The number of hydrogen-bond acceptors (Lipinski definition) is 3. The molecule has 0 amide bonds. The standard InChI is InChI=1S/C22H21Cl2F3O3/c1-13-14(6-5-7-18(13)19(28)30-20(2,3)4)8-9-21(29,22(25,26)27)15-10-16(23)12-17(24)11-15/h5-12,29H,1-4H3/b9-8+. The number of halogens is 5. The van der Waals surface area contributed by atoms with Gasteiger partial charge in [0.15, 0.2) is 0 Å². The molecule has 0 aliphatic heterocycles. The summed E-state index contributed by atoms with van der Waals surface area (Å²) in [5, 5.41) is 10.4. The summed E-state index contributed by atoms with van der Waals surface area (Å²) in [5.41, 5.74) is -3.64. The molecule has 2 rings (SSSR count). The molecular formula is C22H21Cl2F3O3. The van der Waals surface area contributed by atoms with Crippen molar-refractivity contribution in [2.75, 3.05) is 0 Å². The van der Waals surface area contributed by atoms with Crippen molar-refractivity contribution in [1.29, 1.82) is 0 Å². The number of benzene rings is 2. The normalized spacial score (nSPS) is 14.6. The van der Waals surface area contributed by atoms with E-state index in [2.05, 4.69) is 0 Å². The molecule has 8 heteroatoms. The van der Waals surface area contributed by atoms with E-state index in [-0.39, 0.29) is 15.6 Å². The summed E-state index contributed by atoms with van der Waals surface area (Å²) < 4.78 is 46.7. The lowest BCUT2D eigenvalue weighted by Gasteiger charge is -2.28. The predicted molar refractivity (Wildman–Crippen MR) is 112 cm³/mol. The van der Waals surface area contributed by atoms with Gasteiger partial charge in [-0.1, -0.05) is 41.4 Å². The zero-order chi connectivity index (χ0) is 22.9. The highest BCUT2D eigenvalue weighted by Gasteiger charge is 2.53. The molecule has 0 saturated carbocycles. The summed E-state index contributed by atoms with van der Waals surface area (Å²) in [6.45, 7) is 6.72. The van der Waals surface area contributed by atoms with Gasteiger partial charge in [0.05, 0.1) is 5.56 Å². The molecule has 2 aromatic rings. The lowest BCUT2D eigenvalue weighted by molar-refractivity contribution is -0.244. The van der Waals surface area contributed by atoms with Crippen LogP contribution in [-0.2, 0) is 10.3 Å². The van der Waals surface area contributed by atoms with E-state index in [0.29, 0.717) is 17.2 Å². The molecule has 0 aromatic heterocycles. The average molecular weight is 461 g/mol. The summed E-state index contributed by atoms with van der Waals surface area (Å²) in [4.78, 5) is 12.4. The smallest absolute Gasteiger partial charge is 0.425 e. The van der Waals surface area contributed by atoms with Gasteiger partial charge in [-0.15, -0.1) is 0 Å². The van der Waals surface area contributed by atoms with Crippen molar-refractivity contribution >= 4 is 35.2 Å². The van der Waals surface area contributed by atoms with Crippen LogP contribution >= 0.6 is 23.2 Å². The fourth-order valence-corrected chi connectivity index (χ4v) is 3.25. The highest BCUT2D eigenvalue weighted by atomic mass is 35.5. The van der Waals surface area contributed by atoms with Crippen molar-refractivity contribution in [3.63, 3.8) is 0 Å². The topological polar surface area (TPSA) is 46.5 Å². The molecule has 162 valence electrons. The quantitative estimate of drug-likeness (QED) is 0.515. The summed E-state index contributed by atoms with van der Waals surface area (Å²) in [7, 11) is 0. The van der Waals surface area contributed by atoms with E-state index in [4.69, 9.17) is 27.9 Å². The summed E-state index contributed by atoms with van der Waals surface area (Å²) in [5.74, 6) is -0.594. The Kier molecular flexibility index (Phi) is 6.96. The second-order valence-corrected chi connectivity index (χ2v) is 8.65. The van der Waals surface area contributed by atoms with E-state index in [0.717, 1.165) is 18.2 Å². The SMILES string of the molecule is Cc1c(/C=C/C(O)(c2cc(Cl)cc(Cl)c2)C(F)(F)F)cccc1C(=O)OC(C)(C)C. The van der Waals surface area contributed by atoms with Crippen LogP contribution in [0.1, 0.15) is 47.8 Å². The number of ether oxygens (including phenoxy) is 1. The molecule has 1 atom stereocenters. The van der Waals surface area contributed by atoms with Crippen LogP contribution in [0.5, 0.6) is 0 Å². The molecule has 0 saturated heterocycles. The lowest BCUT2D eigenvalue weighted by atomic mass is 9.91. The minimum Gasteiger partial charge on any atom is -0.456 e. The minimum absolute atomic E-state index is 0.0447. The number of hydrogen-bond donors (Lipinski definition) is 1. The van der Waals surface area contributed by atoms with Crippen LogP contribution in [-0.4, -0.2) is 22.9 Å². The number of alkyl halides is 3. The van der Waals surface area contributed by atoms with Crippen LogP contribution in [0.4, 0.5) is 13.2 Å². The molecule has 0 aliphatic rings. The minimum atomic E-state index is -5.05. The molecule has 30 heavy (non-hydrogen) atoms. The van der Waals surface area contributed by atoms with E-state index in [1.54, 1.807) is 27.7 Å². The fourth-order valence-electron chi connectivity index (χ4n) is 2.73. The van der Waals surface area contributed by atoms with Gasteiger partial charge in [-0.05, 0) is 74.7 Å². The third-order valence-corrected chi connectivity index (χ3v) is 4.67. The summed E-state index contributed by atoms with van der Waals surface area (Å²) in [6.07, 6.45) is -3.34. The molecule has 0 radical (unpaired) electrons. The first-order valence-electron chi connectivity index (χ1n) is 8.92. The van der Waals surface area contributed by atoms with Gasteiger partial charge in [0.25, 0.3) is 0 Å². The summed E-state index contributed by atoms with van der Waals surface area (Å²) >= 11 is 11.6. The highest BCUT2D eigenvalue weighted by Crippen LogP contribution is 2.42. The van der Waals surface area contributed by atoms with Crippen LogP contribution in [0.3, 0.4) is 0 Å². The zero-order valence-electron chi connectivity index (χ0n) is 16.8. The number of carbonyl (C=O) groups excluding carboxylic acids is 1. The molecule has 0 heterocycles. The van der Waals surface area contributed by atoms with Gasteiger partial charge in [-0.25, -0.2) is 4.79 Å². The maximum atomic E-state index is 13.8. The van der Waals surface area contributed by atoms with Crippen molar-refractivity contribution in [2.24, 2.45) is 0 Å². The second kappa shape index (κ2) is 8.61. The van der Waals surface area contributed by atoms with Gasteiger partial charge in [-0.2, -0.15) is 13.2 Å². The molecule has 0 spiro atoms. The average Bonchev–Trinajstić information content (AvgIpc) is 2.57. The first kappa shape index (κ1) is 24.3. The first-order chi connectivity index (χ1) is 13.6. The summed E-state index contributed by atoms with van der Waals surface area (Å²) in [6, 6.07) is 7.83. The van der Waals surface area contributed by atoms with Crippen LogP contribution in [0.25, 0.3) is 6.08 Å². The number of aliphatic hydroxyl groups is 1. The Morgan fingerprint density at radius 2 is 1.63 bits per heavy atom. The Bertz CT molecular complexity index is 958. The van der Waals surface area contributed by atoms with Crippen molar-refractivity contribution < 1.29 is 27.8 Å². The first-order valence-corrected chi connectivity index (χ1v) is 9.67. The van der Waals surface area contributed by atoms with Crippen LogP contribution in [0.2, 0.25) is 10.0 Å². The van der Waals surface area contributed by atoms with Gasteiger partial charge in [0.1, 0.15) is 5.60 Å². The number of esters is 1. The molecule has 1 N–H and O–H groups in total. The van der Waals surface area contributed by atoms with Gasteiger partial charge >= 0.3 is 12.1 Å². The maximum Gasteiger partial charge on any atom is 0.425 e. The third-order valence-electron chi connectivity index (χ3n) is 4.23. The van der Waals surface area contributed by atoms with E-state index < -0.39 is 28.9 Å². The van der Waals surface area contributed by atoms with Crippen molar-refractivity contribution in [2.45, 2.75) is 45.1 Å². The Hall–Kier alpha value is -2.02. The Labute approximate surface area is 183 Å². The molecule has 3 nitrogen and oxygen atoms in total. The highest BCUT2D eigenvalue weighted by molar-refractivity contribution is 6.34. The van der Waals surface area contributed by atoms with Crippen LogP contribution < -0.4 is 0 Å². The van der Waals surface area contributed by atoms with E-state index >= 15 is 0 Å². The van der Waals surface area contributed by atoms with Crippen LogP contribution in [0.15, 0.2) is 42.5 Å². The van der Waals surface area contributed by atoms with Gasteiger partial charge in [0, 0.05) is 10.0 Å². The van der Waals surface area contributed by atoms with Crippen molar-refractivity contribution in [3.8, 4) is 0 Å². The monoisotopic (exact) mass is 460 g/mol. The maximum absolute atomic E-state index is 13.8. The number of rotatable bonds is 4. The molecule has 1 unspecified atom stereocenters. The fraction of sp³-hybridized carbons (Fsp3) is 0.318. The third kappa shape index (κ3) is 5.56. The number of carbonyl (C=O) groups is 1. The Morgan fingerprint density at radius 3 is 2.13 bits per heavy atom. The second-order valence-electron chi connectivity index (χ2n) is 7.78. The zero-order valence-corrected chi connectivity index (χ0v) is 18.3. The van der Waals surface area contributed by atoms with Crippen molar-refractivity contribution in [3.05, 3.63) is 74.8 Å². The van der Waals surface area contributed by atoms with Gasteiger partial charge < -0.3 is 9.84 Å². The predicted octanol–water partition coefficient (Wildman–Crippen LogP) is 6.72. The molecule has 0 fully saturated rings. The Balaban J connectivity index is 2.51. The van der Waals surface area contributed by atoms with Crippen molar-refractivity contribution in [1.82, 2.24) is 0 Å². The molecule has 2 aromatic carbocycles. The lowest BCUT2D eigenvalue weighted by Crippen LogP contribution is -2.40. The Morgan fingerprint density at radius 1 is 1.07 bits per heavy atom. The van der Waals surface area contributed by atoms with E-state index in [1.807, 2.05) is 0 Å². The van der Waals surface area contributed by atoms with E-state index in [1.165, 1.54) is 24.3 Å². The molecular weight excluding hydrogens is 440 g/mol. The van der Waals surface area contributed by atoms with Crippen LogP contribution in [0, 0.1) is 6.92 Å². The molecule has 0 aliphatic carbocycles. The van der Waals surface area contributed by atoms with E-state index in [9.17, 15) is 23.1 Å². The van der Waals surface area contributed by atoms with Gasteiger partial charge in [0.2, 0.25) is 5.60 Å².